The smallest absolute Gasteiger partial charge is 0.258 e. The molecule has 0 bridgehead atoms. The van der Waals surface area contributed by atoms with E-state index in [0.717, 1.165) is 5.56 Å². The van der Waals surface area contributed by atoms with Crippen molar-refractivity contribution in [3.05, 3.63) is 56.6 Å². The van der Waals surface area contributed by atoms with Gasteiger partial charge in [0.15, 0.2) is 0 Å². The summed E-state index contributed by atoms with van der Waals surface area (Å²) in [6.45, 7) is 3.68. The van der Waals surface area contributed by atoms with E-state index in [1.807, 2.05) is 26.0 Å². The fraction of sp³-hybridized carbons (Fsp3) is 0.286. The molecule has 2 N–H and O–H groups in total. The van der Waals surface area contributed by atoms with Crippen molar-refractivity contribution in [2.24, 2.45) is 0 Å². The van der Waals surface area contributed by atoms with Gasteiger partial charge in [-0.05, 0) is 23.6 Å². The molecule has 0 aliphatic carbocycles. The molecule has 0 unspecified atom stereocenters. The van der Waals surface area contributed by atoms with Crippen LogP contribution < -0.4 is 5.56 Å². The number of nitrogens with one attached hydrogen (secondary N) is 1. The third kappa shape index (κ3) is 3.15. The average Bonchev–Trinajstić information content (AvgIpc) is 2.30. The molecule has 0 saturated carbocycles. The number of hydrogen-bond acceptors (Lipinski definition) is 3. The van der Waals surface area contributed by atoms with Crippen LogP contribution in [-0.2, 0) is 6.42 Å². The van der Waals surface area contributed by atoms with Crippen LogP contribution >= 0.6 is 11.6 Å². The van der Waals surface area contributed by atoms with E-state index >= 15 is 0 Å². The van der Waals surface area contributed by atoms with E-state index in [9.17, 15) is 9.90 Å². The molecule has 1 aromatic carbocycles. The molecule has 0 aliphatic heterocycles. The molecule has 0 saturated heterocycles. The predicted octanol–water partition coefficient (Wildman–Crippen LogP) is 2.84. The van der Waals surface area contributed by atoms with E-state index in [1.165, 1.54) is 0 Å². The zero-order valence-electron chi connectivity index (χ0n) is 10.8. The molecular weight excluding hydrogens is 264 g/mol. The summed E-state index contributed by atoms with van der Waals surface area (Å²) in [4.78, 5) is 18.6. The molecule has 1 aromatic heterocycles. The van der Waals surface area contributed by atoms with E-state index in [-0.39, 0.29) is 17.4 Å². The molecule has 5 heteroatoms. The second kappa shape index (κ2) is 5.45. The number of aromatic hydroxyl groups is 1. The third-order valence-electron chi connectivity index (χ3n) is 2.85. The first-order chi connectivity index (χ1) is 8.97. The molecule has 0 fully saturated rings. The number of aromatic nitrogens is 2. The second-order valence-corrected chi connectivity index (χ2v) is 5.14. The van der Waals surface area contributed by atoms with Gasteiger partial charge in [0.25, 0.3) is 5.56 Å². The van der Waals surface area contributed by atoms with E-state index in [4.69, 9.17) is 11.6 Å². The van der Waals surface area contributed by atoms with Crippen LogP contribution in [0.1, 0.15) is 36.7 Å². The highest BCUT2D eigenvalue weighted by Crippen LogP contribution is 2.19. The highest BCUT2D eigenvalue weighted by molar-refractivity contribution is 6.30. The topological polar surface area (TPSA) is 66.0 Å². The Morgan fingerprint density at radius 3 is 2.47 bits per heavy atom. The number of hydrogen-bond donors (Lipinski definition) is 2. The van der Waals surface area contributed by atoms with Gasteiger partial charge in [-0.25, -0.2) is 0 Å². The predicted molar refractivity (Wildman–Crippen MR) is 74.9 cm³/mol. The Labute approximate surface area is 116 Å². The summed E-state index contributed by atoms with van der Waals surface area (Å²) in [6, 6.07) is 7.26. The average molecular weight is 279 g/mol. The van der Waals surface area contributed by atoms with Crippen molar-refractivity contribution in [2.75, 3.05) is 0 Å². The highest BCUT2D eigenvalue weighted by atomic mass is 35.5. The van der Waals surface area contributed by atoms with Crippen molar-refractivity contribution < 1.29 is 5.11 Å². The first-order valence-corrected chi connectivity index (χ1v) is 6.41. The van der Waals surface area contributed by atoms with Gasteiger partial charge in [0.05, 0.1) is 5.56 Å². The van der Waals surface area contributed by atoms with Crippen LogP contribution in [0, 0.1) is 0 Å². The monoisotopic (exact) mass is 278 g/mol. The largest absolute Gasteiger partial charge is 0.493 e. The van der Waals surface area contributed by atoms with Gasteiger partial charge < -0.3 is 10.1 Å². The molecule has 2 aromatic rings. The Morgan fingerprint density at radius 1 is 1.32 bits per heavy atom. The number of rotatable bonds is 3. The van der Waals surface area contributed by atoms with Gasteiger partial charge >= 0.3 is 0 Å². The van der Waals surface area contributed by atoms with Crippen LogP contribution in [0.25, 0.3) is 0 Å². The van der Waals surface area contributed by atoms with Gasteiger partial charge in [0.1, 0.15) is 5.82 Å². The van der Waals surface area contributed by atoms with Crippen molar-refractivity contribution in [3.63, 3.8) is 0 Å². The van der Waals surface area contributed by atoms with Crippen molar-refractivity contribution in [2.45, 2.75) is 26.2 Å². The maximum absolute atomic E-state index is 11.9. The fourth-order valence-electron chi connectivity index (χ4n) is 1.92. The van der Waals surface area contributed by atoms with Gasteiger partial charge in [-0.1, -0.05) is 37.6 Å². The van der Waals surface area contributed by atoms with Crippen molar-refractivity contribution in [1.82, 2.24) is 9.97 Å². The minimum atomic E-state index is -0.286. The van der Waals surface area contributed by atoms with Crippen LogP contribution in [0.5, 0.6) is 5.88 Å². The Bertz CT molecular complexity index is 633. The standard InChI is InChI=1S/C14H15ClN2O2/c1-8(2)12-13(18)16-11(17-14(12)19)7-9-3-5-10(15)6-4-9/h3-6,8H,7H2,1-2H3,(H2,16,17,18,19). The molecule has 0 radical (unpaired) electrons. The lowest BCUT2D eigenvalue weighted by atomic mass is 10.1. The van der Waals surface area contributed by atoms with E-state index < -0.39 is 0 Å². The second-order valence-electron chi connectivity index (χ2n) is 4.71. The lowest BCUT2D eigenvalue weighted by molar-refractivity contribution is 0.436. The molecular formula is C14H15ClN2O2. The summed E-state index contributed by atoms with van der Waals surface area (Å²) >= 11 is 5.81. The van der Waals surface area contributed by atoms with Crippen LogP contribution in [0.4, 0.5) is 0 Å². The summed E-state index contributed by atoms with van der Waals surface area (Å²) in [7, 11) is 0. The SMILES string of the molecule is CC(C)c1c(O)nc(Cc2ccc(Cl)cc2)[nH]c1=O. The summed E-state index contributed by atoms with van der Waals surface area (Å²) in [5.74, 6) is 0.178. The number of halogens is 1. The first kappa shape index (κ1) is 13.6. The summed E-state index contributed by atoms with van der Waals surface area (Å²) in [5, 5.41) is 10.5. The van der Waals surface area contributed by atoms with Gasteiger partial charge in [-0.2, -0.15) is 4.98 Å². The van der Waals surface area contributed by atoms with Crippen LogP contribution in [0.2, 0.25) is 5.02 Å². The number of nitrogens with zero attached hydrogens (tertiary/aromatic N) is 1. The zero-order chi connectivity index (χ0) is 14.0. The highest BCUT2D eigenvalue weighted by Gasteiger charge is 2.14. The van der Waals surface area contributed by atoms with Crippen LogP contribution in [-0.4, -0.2) is 15.1 Å². The maximum atomic E-state index is 11.9. The van der Waals surface area contributed by atoms with Crippen LogP contribution in [0.3, 0.4) is 0 Å². The first-order valence-electron chi connectivity index (χ1n) is 6.04. The third-order valence-corrected chi connectivity index (χ3v) is 3.10. The fourth-order valence-corrected chi connectivity index (χ4v) is 2.04. The lowest BCUT2D eigenvalue weighted by Crippen LogP contribution is -2.18. The normalized spacial score (nSPS) is 10.9. The quantitative estimate of drug-likeness (QED) is 0.907. The minimum Gasteiger partial charge on any atom is -0.493 e. The van der Waals surface area contributed by atoms with E-state index in [1.54, 1.807) is 12.1 Å². The molecule has 0 atom stereocenters. The number of H-pyrrole nitrogens is 1. The Morgan fingerprint density at radius 2 is 1.95 bits per heavy atom. The van der Waals surface area contributed by atoms with Crippen molar-refractivity contribution >= 4 is 11.6 Å². The minimum absolute atomic E-state index is 0.0687. The van der Waals surface area contributed by atoms with Crippen LogP contribution in [0.15, 0.2) is 29.1 Å². The van der Waals surface area contributed by atoms with Gasteiger partial charge in [0, 0.05) is 11.4 Å². The molecule has 2 rings (SSSR count). The Balaban J connectivity index is 2.32. The zero-order valence-corrected chi connectivity index (χ0v) is 11.5. The van der Waals surface area contributed by atoms with Gasteiger partial charge in [0.2, 0.25) is 5.88 Å². The molecule has 0 aliphatic rings. The number of benzene rings is 1. The van der Waals surface area contributed by atoms with E-state index in [2.05, 4.69) is 9.97 Å². The van der Waals surface area contributed by atoms with Gasteiger partial charge in [-0.3, -0.25) is 4.79 Å². The van der Waals surface area contributed by atoms with Crippen molar-refractivity contribution in [1.29, 1.82) is 0 Å². The number of aromatic amines is 1. The molecule has 1 heterocycles. The van der Waals surface area contributed by atoms with Crippen molar-refractivity contribution in [3.8, 4) is 5.88 Å². The summed E-state index contributed by atoms with van der Waals surface area (Å²) in [5.41, 5.74) is 0.996. The van der Waals surface area contributed by atoms with Gasteiger partial charge in [-0.15, -0.1) is 0 Å². The molecule has 19 heavy (non-hydrogen) atoms. The van der Waals surface area contributed by atoms with E-state index in [0.29, 0.717) is 22.8 Å². The molecule has 0 amide bonds. The summed E-state index contributed by atoms with van der Waals surface area (Å²) < 4.78 is 0. The molecule has 0 spiro atoms. The Kier molecular flexibility index (Phi) is 3.90. The maximum Gasteiger partial charge on any atom is 0.258 e. The Hall–Kier alpha value is -1.81. The molecule has 4 nitrogen and oxygen atoms in total. The lowest BCUT2D eigenvalue weighted by Gasteiger charge is -2.08. The summed E-state index contributed by atoms with van der Waals surface area (Å²) in [6.07, 6.45) is 0.443. The molecule has 100 valence electrons.